The van der Waals surface area contributed by atoms with Gasteiger partial charge in [-0.1, -0.05) is 55.5 Å². The van der Waals surface area contributed by atoms with Crippen LogP contribution in [0.2, 0.25) is 0 Å². The van der Waals surface area contributed by atoms with Gasteiger partial charge in [0.1, 0.15) is 6.61 Å². The van der Waals surface area contributed by atoms with Gasteiger partial charge < -0.3 is 15.2 Å². The molecular formula is C27H29NO4. The first-order valence-corrected chi connectivity index (χ1v) is 11.7. The van der Waals surface area contributed by atoms with Crippen molar-refractivity contribution in [2.24, 2.45) is 16.7 Å². The average Bonchev–Trinajstić information content (AvgIpc) is 3.04. The molecule has 4 fully saturated rings. The molecule has 2 N–H and O–H groups in total. The summed E-state index contributed by atoms with van der Waals surface area (Å²) in [5.74, 6) is -0.319. The number of amides is 1. The number of carbonyl (C=O) groups is 2. The van der Waals surface area contributed by atoms with Crippen LogP contribution in [0.25, 0.3) is 11.1 Å². The van der Waals surface area contributed by atoms with Crippen molar-refractivity contribution in [1.29, 1.82) is 0 Å². The largest absolute Gasteiger partial charge is 0.481 e. The fourth-order valence-corrected chi connectivity index (χ4v) is 8.15. The van der Waals surface area contributed by atoms with Crippen LogP contribution in [0, 0.1) is 16.7 Å². The van der Waals surface area contributed by atoms with Gasteiger partial charge in [-0.15, -0.1) is 0 Å². The molecule has 2 aromatic rings. The Balaban J connectivity index is 1.20. The maximum absolute atomic E-state index is 13.0. The lowest BCUT2D eigenvalue weighted by atomic mass is 9.42. The van der Waals surface area contributed by atoms with Crippen molar-refractivity contribution in [2.45, 2.75) is 56.9 Å². The quantitative estimate of drug-likeness (QED) is 0.685. The highest BCUT2D eigenvalue weighted by atomic mass is 16.5. The number of carbonyl (C=O) groups excluding carboxylic acids is 1. The second kappa shape index (κ2) is 6.60. The van der Waals surface area contributed by atoms with Crippen molar-refractivity contribution < 1.29 is 19.4 Å². The van der Waals surface area contributed by atoms with E-state index in [0.717, 1.165) is 32.1 Å². The van der Waals surface area contributed by atoms with Crippen molar-refractivity contribution in [2.75, 3.05) is 6.61 Å². The molecule has 5 heteroatoms. The summed E-state index contributed by atoms with van der Waals surface area (Å²) in [5.41, 5.74) is 3.60. The first-order chi connectivity index (χ1) is 15.3. The Bertz CT molecular complexity index is 1080. The number of rotatable bonds is 4. The van der Waals surface area contributed by atoms with E-state index < -0.39 is 23.0 Å². The fraction of sp³-hybridized carbons (Fsp3) is 0.481. The summed E-state index contributed by atoms with van der Waals surface area (Å²) < 4.78 is 5.81. The Hall–Kier alpha value is -2.82. The summed E-state index contributed by atoms with van der Waals surface area (Å²) in [5, 5.41) is 13.2. The van der Waals surface area contributed by atoms with Gasteiger partial charge in [-0.25, -0.2) is 4.79 Å². The topological polar surface area (TPSA) is 75.6 Å². The molecular weight excluding hydrogens is 402 g/mol. The van der Waals surface area contributed by atoms with E-state index in [1.807, 2.05) is 24.3 Å². The average molecular weight is 432 g/mol. The van der Waals surface area contributed by atoms with Gasteiger partial charge in [0.25, 0.3) is 0 Å². The highest BCUT2D eigenvalue weighted by Crippen LogP contribution is 2.66. The van der Waals surface area contributed by atoms with Crippen molar-refractivity contribution in [1.82, 2.24) is 5.32 Å². The number of nitrogens with one attached hydrogen (secondary N) is 1. The van der Waals surface area contributed by atoms with Crippen LogP contribution in [-0.4, -0.2) is 29.3 Å². The molecule has 7 rings (SSSR count). The van der Waals surface area contributed by atoms with Gasteiger partial charge in [-0.05, 0) is 72.1 Å². The number of fused-ring (bicyclic) bond motifs is 3. The zero-order valence-corrected chi connectivity index (χ0v) is 18.4. The van der Waals surface area contributed by atoms with Crippen LogP contribution in [0.15, 0.2) is 48.5 Å². The molecule has 4 atom stereocenters. The third-order valence-corrected chi connectivity index (χ3v) is 8.51. The summed E-state index contributed by atoms with van der Waals surface area (Å²) in [6, 6.07) is 16.6. The van der Waals surface area contributed by atoms with Crippen LogP contribution in [0.4, 0.5) is 4.79 Å². The molecule has 166 valence electrons. The number of aliphatic carboxylic acids is 1. The van der Waals surface area contributed by atoms with Gasteiger partial charge in [-0.2, -0.15) is 0 Å². The molecule has 0 aromatic heterocycles. The molecule has 5 aliphatic rings. The number of hydrogen-bond acceptors (Lipinski definition) is 3. The van der Waals surface area contributed by atoms with Gasteiger partial charge in [0.15, 0.2) is 0 Å². The number of carboxylic acid groups (broad SMARTS) is 1. The van der Waals surface area contributed by atoms with E-state index in [0.29, 0.717) is 12.3 Å². The first kappa shape index (κ1) is 19.8. The minimum absolute atomic E-state index is 0.0194. The number of hydrogen-bond donors (Lipinski definition) is 2. The lowest BCUT2D eigenvalue weighted by molar-refractivity contribution is -0.178. The Morgan fingerprint density at radius 2 is 1.62 bits per heavy atom. The molecule has 4 unspecified atom stereocenters. The molecule has 5 nitrogen and oxygen atoms in total. The van der Waals surface area contributed by atoms with Crippen LogP contribution < -0.4 is 5.32 Å². The minimum atomic E-state index is -0.704. The first-order valence-electron chi connectivity index (χ1n) is 11.7. The lowest BCUT2D eigenvalue weighted by Gasteiger charge is -2.64. The monoisotopic (exact) mass is 431 g/mol. The zero-order valence-electron chi connectivity index (χ0n) is 18.4. The molecule has 32 heavy (non-hydrogen) atoms. The molecule has 0 aliphatic heterocycles. The molecule has 0 radical (unpaired) electrons. The SMILES string of the molecule is CC12CC3CC(NC(=O)OCC4c5ccccc5-c5ccccc54)(C1)CC(C(=O)O)(C3)C2. The molecule has 2 aromatic carbocycles. The molecule has 4 saturated carbocycles. The van der Waals surface area contributed by atoms with Crippen LogP contribution in [0.3, 0.4) is 0 Å². The van der Waals surface area contributed by atoms with Crippen LogP contribution in [0.1, 0.15) is 62.5 Å². The minimum Gasteiger partial charge on any atom is -0.481 e. The van der Waals surface area contributed by atoms with Crippen LogP contribution >= 0.6 is 0 Å². The molecule has 5 aliphatic carbocycles. The predicted octanol–water partition coefficient (Wildman–Crippen LogP) is 5.34. The normalized spacial score (nSPS) is 34.1. The second-order valence-corrected chi connectivity index (χ2v) is 11.1. The van der Waals surface area contributed by atoms with Crippen molar-refractivity contribution in [3.8, 4) is 11.1 Å². The summed E-state index contributed by atoms with van der Waals surface area (Å²) in [6.45, 7) is 2.48. The van der Waals surface area contributed by atoms with E-state index in [9.17, 15) is 14.7 Å². The maximum atomic E-state index is 13.0. The van der Waals surface area contributed by atoms with Crippen molar-refractivity contribution in [3.63, 3.8) is 0 Å². The van der Waals surface area contributed by atoms with Gasteiger partial charge in [0, 0.05) is 11.5 Å². The smallest absolute Gasteiger partial charge is 0.407 e. The highest BCUT2D eigenvalue weighted by Gasteiger charge is 2.65. The fourth-order valence-electron chi connectivity index (χ4n) is 8.15. The van der Waals surface area contributed by atoms with Gasteiger partial charge >= 0.3 is 12.1 Å². The molecule has 1 amide bonds. The Morgan fingerprint density at radius 1 is 0.969 bits per heavy atom. The summed E-state index contributed by atoms with van der Waals surface area (Å²) in [6.07, 6.45) is 4.34. The standard InChI is InChI=1S/C27H29NO4/c1-25-10-17-11-26(14-25,23(29)30)16-27(12-17,15-25)28-24(31)32-13-22-20-8-4-2-6-18(20)19-7-3-5-9-21(19)22/h2-9,17,22H,10-16H2,1H3,(H,28,31)(H,29,30). The van der Waals surface area contributed by atoms with Gasteiger partial charge in [0.05, 0.1) is 5.41 Å². The van der Waals surface area contributed by atoms with Gasteiger partial charge in [-0.3, -0.25) is 4.79 Å². The molecule has 0 saturated heterocycles. The summed E-state index contributed by atoms with van der Waals surface area (Å²) in [7, 11) is 0. The van der Waals surface area contributed by atoms with Crippen molar-refractivity contribution >= 4 is 12.1 Å². The Labute approximate surface area is 188 Å². The molecule has 0 heterocycles. The summed E-state index contributed by atoms with van der Waals surface area (Å²) in [4.78, 5) is 25.2. The van der Waals surface area contributed by atoms with E-state index >= 15 is 0 Å². The Morgan fingerprint density at radius 3 is 2.25 bits per heavy atom. The second-order valence-electron chi connectivity index (χ2n) is 11.1. The predicted molar refractivity (Wildman–Crippen MR) is 120 cm³/mol. The van der Waals surface area contributed by atoms with Crippen LogP contribution in [0.5, 0.6) is 0 Å². The third kappa shape index (κ3) is 2.90. The molecule has 4 bridgehead atoms. The van der Waals surface area contributed by atoms with E-state index in [1.165, 1.54) is 22.3 Å². The number of ether oxygens (including phenoxy) is 1. The summed E-state index contributed by atoms with van der Waals surface area (Å²) >= 11 is 0. The Kier molecular flexibility index (Phi) is 4.09. The third-order valence-electron chi connectivity index (χ3n) is 8.51. The highest BCUT2D eigenvalue weighted by molar-refractivity contribution is 5.79. The van der Waals surface area contributed by atoms with Crippen molar-refractivity contribution in [3.05, 3.63) is 59.7 Å². The van der Waals surface area contributed by atoms with E-state index in [-0.39, 0.29) is 17.9 Å². The lowest BCUT2D eigenvalue weighted by Crippen LogP contribution is -2.67. The number of alkyl carbamates (subject to hydrolysis) is 1. The maximum Gasteiger partial charge on any atom is 0.407 e. The molecule has 0 spiro atoms. The van der Waals surface area contributed by atoms with E-state index in [1.54, 1.807) is 0 Å². The van der Waals surface area contributed by atoms with Gasteiger partial charge in [0.2, 0.25) is 0 Å². The van der Waals surface area contributed by atoms with E-state index in [2.05, 4.69) is 36.5 Å². The zero-order chi connectivity index (χ0) is 22.1. The number of carboxylic acids is 1. The number of benzene rings is 2. The van der Waals surface area contributed by atoms with E-state index in [4.69, 9.17) is 4.74 Å². The van der Waals surface area contributed by atoms with Crippen LogP contribution in [-0.2, 0) is 9.53 Å².